The molecule has 0 fully saturated rings. The predicted molar refractivity (Wildman–Crippen MR) is 341 cm³/mol. The van der Waals surface area contributed by atoms with Gasteiger partial charge in [-0.2, -0.15) is 0 Å². The van der Waals surface area contributed by atoms with E-state index in [0.29, 0.717) is 19.3 Å². The smallest absolute Gasteiger partial charge is 0.379 e. The van der Waals surface area contributed by atoms with Gasteiger partial charge in [0, 0.05) is 19.3 Å². The Morgan fingerprint density at radius 3 is 0.827 bits per heavy atom. The van der Waals surface area contributed by atoms with Gasteiger partial charge in [0.15, 0.2) is 11.9 Å². The Bertz CT molecular complexity index is 1440. The van der Waals surface area contributed by atoms with Gasteiger partial charge in [-0.25, -0.2) is 4.79 Å². The van der Waals surface area contributed by atoms with E-state index in [1.807, 2.05) is 0 Å². The van der Waals surface area contributed by atoms with Gasteiger partial charge in [0.05, 0.1) is 0 Å². The van der Waals surface area contributed by atoms with Crippen molar-refractivity contribution in [3.63, 3.8) is 0 Å². The molecule has 9 nitrogen and oxygen atoms in total. The first-order valence-corrected chi connectivity index (χ1v) is 36.0. The summed E-state index contributed by atoms with van der Waals surface area (Å²) in [4.78, 5) is 52.0. The molecule has 1 rings (SSSR count). The normalized spacial score (nSPS) is 13.8. The Balaban J connectivity index is 2.43. The molecule has 0 unspecified atom stereocenters. The SMILES string of the molecule is CCCCCCCCCCCCCCCCCCCCCC(=O)OC[C@H](OC(=O)CCCCCCCCCCCCCCCCCCCCC)[C@H]1OC(=O)C(OC(=O)CCCCCCCCCCCCCCCCCCCCC)=C1O. The van der Waals surface area contributed by atoms with Crippen molar-refractivity contribution in [1.82, 2.24) is 0 Å². The molecule has 1 aliphatic rings. The summed E-state index contributed by atoms with van der Waals surface area (Å²) in [7, 11) is 0. The molecule has 1 heterocycles. The van der Waals surface area contributed by atoms with Crippen molar-refractivity contribution in [3.8, 4) is 0 Å². The lowest BCUT2D eigenvalue weighted by Gasteiger charge is -2.22. The van der Waals surface area contributed by atoms with Gasteiger partial charge in [-0.15, -0.1) is 0 Å². The zero-order valence-electron chi connectivity index (χ0n) is 54.0. The van der Waals surface area contributed by atoms with Crippen molar-refractivity contribution in [3.05, 3.63) is 11.5 Å². The fourth-order valence-corrected chi connectivity index (χ4v) is 11.7. The van der Waals surface area contributed by atoms with E-state index < -0.39 is 47.6 Å². The number of ether oxygens (including phenoxy) is 4. The van der Waals surface area contributed by atoms with Crippen LogP contribution < -0.4 is 0 Å². The van der Waals surface area contributed by atoms with Crippen LogP contribution in [-0.4, -0.2) is 47.8 Å². The zero-order chi connectivity index (χ0) is 58.6. The third-order valence-electron chi connectivity index (χ3n) is 17.1. The summed E-state index contributed by atoms with van der Waals surface area (Å²) in [5.74, 6) is -3.76. The largest absolute Gasteiger partial charge is 0.505 e. The maximum absolute atomic E-state index is 13.2. The summed E-state index contributed by atoms with van der Waals surface area (Å²) < 4.78 is 22.2. The van der Waals surface area contributed by atoms with E-state index in [1.54, 1.807) is 0 Å². The monoisotopic (exact) mass is 1140 g/mol. The maximum atomic E-state index is 13.2. The second kappa shape index (κ2) is 60.5. The summed E-state index contributed by atoms with van der Waals surface area (Å²) in [6.45, 7) is 6.45. The Kier molecular flexibility index (Phi) is 57.1. The lowest BCUT2D eigenvalue weighted by atomic mass is 10.0. The van der Waals surface area contributed by atoms with Crippen molar-refractivity contribution >= 4 is 23.9 Å². The number of unbranched alkanes of at least 4 members (excludes halogenated alkanes) is 54. The number of hydrogen-bond acceptors (Lipinski definition) is 9. The molecule has 1 aliphatic heterocycles. The topological polar surface area (TPSA) is 125 Å². The van der Waals surface area contributed by atoms with Crippen LogP contribution in [0.2, 0.25) is 0 Å². The van der Waals surface area contributed by atoms with E-state index in [2.05, 4.69) is 20.8 Å². The third kappa shape index (κ3) is 50.5. The van der Waals surface area contributed by atoms with E-state index in [4.69, 9.17) is 18.9 Å². The van der Waals surface area contributed by atoms with Crippen molar-refractivity contribution in [2.75, 3.05) is 6.61 Å². The Labute approximate surface area is 501 Å². The molecule has 0 aromatic rings. The van der Waals surface area contributed by atoms with Crippen molar-refractivity contribution in [2.45, 2.75) is 418 Å². The van der Waals surface area contributed by atoms with Crippen LogP contribution in [0, 0.1) is 0 Å². The average molecular weight is 1140 g/mol. The molecule has 2 atom stereocenters. The number of carbonyl (C=O) groups excluding carboxylic acids is 4. The standard InChI is InChI=1S/C72H134O9/c1-4-7-10-13-16-19-22-25-28-31-34-37-40-43-46-49-52-55-58-61-66(73)78-64-65(79-67(74)62-59-56-53-50-47-44-41-38-35-32-29-26-23-20-17-14-11-8-5-2)70-69(76)71(72(77)81-70)80-68(75)63-60-57-54-51-48-45-42-39-36-33-30-27-24-21-18-15-12-9-6-3/h65,70,76H,4-64H2,1-3H3/t65-,70+/m0/s1. The van der Waals surface area contributed by atoms with Gasteiger partial charge < -0.3 is 24.1 Å². The molecule has 0 amide bonds. The van der Waals surface area contributed by atoms with Crippen LogP contribution in [-0.2, 0) is 38.1 Å². The van der Waals surface area contributed by atoms with Crippen molar-refractivity contribution in [1.29, 1.82) is 0 Å². The number of aliphatic hydroxyl groups excluding tert-OH is 1. The molecule has 0 aliphatic carbocycles. The minimum atomic E-state index is -1.44. The Morgan fingerprint density at radius 2 is 0.568 bits per heavy atom. The van der Waals surface area contributed by atoms with Gasteiger partial charge in [-0.1, -0.05) is 367 Å². The van der Waals surface area contributed by atoms with Crippen LogP contribution in [0.15, 0.2) is 11.5 Å². The number of hydrogen-bond donors (Lipinski definition) is 1. The van der Waals surface area contributed by atoms with Crippen molar-refractivity contribution < 1.29 is 43.2 Å². The molecule has 9 heteroatoms. The highest BCUT2D eigenvalue weighted by Crippen LogP contribution is 2.28. The van der Waals surface area contributed by atoms with Crippen LogP contribution in [0.5, 0.6) is 0 Å². The summed E-state index contributed by atoms with van der Waals surface area (Å²) in [5.41, 5.74) is 0. The lowest BCUT2D eigenvalue weighted by Crippen LogP contribution is -2.38. The Morgan fingerprint density at radius 1 is 0.346 bits per heavy atom. The Hall–Kier alpha value is -2.58. The first-order chi connectivity index (χ1) is 39.8. The number of aliphatic hydroxyl groups is 1. The number of esters is 4. The van der Waals surface area contributed by atoms with Crippen LogP contribution in [0.3, 0.4) is 0 Å². The fourth-order valence-electron chi connectivity index (χ4n) is 11.7. The van der Waals surface area contributed by atoms with Crippen molar-refractivity contribution in [2.24, 2.45) is 0 Å². The second-order valence-corrected chi connectivity index (χ2v) is 25.1. The fraction of sp³-hybridized carbons (Fsp3) is 0.917. The molecule has 0 radical (unpaired) electrons. The molecule has 476 valence electrons. The summed E-state index contributed by atoms with van der Waals surface area (Å²) >= 11 is 0. The van der Waals surface area contributed by atoms with Gasteiger partial charge in [0.1, 0.15) is 6.61 Å². The maximum Gasteiger partial charge on any atom is 0.379 e. The van der Waals surface area contributed by atoms with Gasteiger partial charge in [0.25, 0.3) is 5.76 Å². The highest BCUT2D eigenvalue weighted by molar-refractivity contribution is 5.92. The second-order valence-electron chi connectivity index (χ2n) is 25.1. The van der Waals surface area contributed by atoms with Gasteiger partial charge in [-0.05, 0) is 19.3 Å². The minimum Gasteiger partial charge on any atom is -0.505 e. The number of cyclic esters (lactones) is 1. The number of carbonyl (C=O) groups is 4. The highest BCUT2D eigenvalue weighted by Gasteiger charge is 2.44. The predicted octanol–water partition coefficient (Wildman–Crippen LogP) is 23.1. The molecule has 81 heavy (non-hydrogen) atoms. The van der Waals surface area contributed by atoms with Crippen LogP contribution in [0.4, 0.5) is 0 Å². The molecule has 0 aromatic heterocycles. The summed E-state index contributed by atoms with van der Waals surface area (Å²) in [5, 5.41) is 11.2. The van der Waals surface area contributed by atoms with Crippen LogP contribution in [0.1, 0.15) is 406 Å². The average Bonchev–Trinajstić information content (AvgIpc) is 3.87. The molecule has 0 saturated carbocycles. The zero-order valence-corrected chi connectivity index (χ0v) is 54.0. The van der Waals surface area contributed by atoms with Gasteiger partial charge in [-0.3, -0.25) is 14.4 Å². The molecule has 0 bridgehead atoms. The summed E-state index contributed by atoms with van der Waals surface area (Å²) in [6, 6.07) is 0. The number of rotatable bonds is 65. The molecular weight excluding hydrogens is 1010 g/mol. The van der Waals surface area contributed by atoms with Gasteiger partial charge in [0.2, 0.25) is 6.10 Å². The summed E-state index contributed by atoms with van der Waals surface area (Å²) in [6.07, 6.45) is 70.0. The van der Waals surface area contributed by atoms with E-state index in [1.165, 1.54) is 289 Å². The van der Waals surface area contributed by atoms with E-state index in [-0.39, 0.29) is 25.9 Å². The minimum absolute atomic E-state index is 0.114. The van der Waals surface area contributed by atoms with E-state index in [9.17, 15) is 24.3 Å². The first-order valence-electron chi connectivity index (χ1n) is 36.0. The van der Waals surface area contributed by atoms with Crippen LogP contribution in [0.25, 0.3) is 0 Å². The molecule has 0 saturated heterocycles. The molecular formula is C72H134O9. The van der Waals surface area contributed by atoms with E-state index >= 15 is 0 Å². The molecule has 0 spiro atoms. The lowest BCUT2D eigenvalue weighted by molar-refractivity contribution is -0.171. The van der Waals surface area contributed by atoms with Crippen LogP contribution >= 0.6 is 0 Å². The molecule has 0 aromatic carbocycles. The first kappa shape index (κ1) is 76.4. The highest BCUT2D eigenvalue weighted by atomic mass is 16.6. The quantitative estimate of drug-likeness (QED) is 0.0360. The van der Waals surface area contributed by atoms with Gasteiger partial charge >= 0.3 is 23.9 Å². The van der Waals surface area contributed by atoms with E-state index in [0.717, 1.165) is 57.8 Å². The molecule has 1 N–H and O–H groups in total. The third-order valence-corrected chi connectivity index (χ3v) is 17.1.